The molecule has 0 fully saturated rings. The highest BCUT2D eigenvalue weighted by Gasteiger charge is 2.36. The van der Waals surface area contributed by atoms with Gasteiger partial charge in [0, 0.05) is 0 Å². The lowest BCUT2D eigenvalue weighted by atomic mass is 9.76. The average molecular weight is 737 g/mol. The van der Waals surface area contributed by atoms with E-state index in [9.17, 15) is 0 Å². The Kier molecular flexibility index (Phi) is 7.00. The van der Waals surface area contributed by atoms with Crippen LogP contribution in [0.25, 0.3) is 121 Å². The summed E-state index contributed by atoms with van der Waals surface area (Å²) in [6, 6.07) is 70.6. The molecule has 272 valence electrons. The summed E-state index contributed by atoms with van der Waals surface area (Å²) in [4.78, 5) is 0. The molecule has 58 heavy (non-hydrogen) atoms. The SMILES string of the molecule is CC(C)(C)c1ccc2c(c1)-c1ccc3c4c(ccc-2c14)-c1c-3c(-c2ccccc2)c2c(-c3ccccc3)c3ccccc3c(-c3ccccc3)c2c1-c1ccccc1. The van der Waals surface area contributed by atoms with Gasteiger partial charge in [-0.15, -0.1) is 0 Å². The Bertz CT molecular complexity index is 3160. The van der Waals surface area contributed by atoms with Crippen molar-refractivity contribution in [1.82, 2.24) is 0 Å². The van der Waals surface area contributed by atoms with E-state index in [0.29, 0.717) is 0 Å². The summed E-state index contributed by atoms with van der Waals surface area (Å²) in [5, 5.41) is 7.87. The van der Waals surface area contributed by atoms with Crippen molar-refractivity contribution in [1.29, 1.82) is 0 Å². The number of hydrogen-bond acceptors (Lipinski definition) is 0. The number of hydrogen-bond donors (Lipinski definition) is 0. The molecule has 0 atom stereocenters. The molecule has 10 aromatic rings. The monoisotopic (exact) mass is 736 g/mol. The second-order valence-corrected chi connectivity index (χ2v) is 17.1. The lowest BCUT2D eigenvalue weighted by Gasteiger charge is -2.26. The lowest BCUT2D eigenvalue weighted by molar-refractivity contribution is 0.590. The molecule has 0 unspecified atom stereocenters. The molecule has 0 saturated heterocycles. The fraction of sp³-hybridized carbons (Fsp3) is 0.0690. The summed E-state index contributed by atoms with van der Waals surface area (Å²) in [5.74, 6) is 0. The molecule has 0 N–H and O–H groups in total. The van der Waals surface area contributed by atoms with Gasteiger partial charge in [0.05, 0.1) is 0 Å². The van der Waals surface area contributed by atoms with E-state index in [4.69, 9.17) is 0 Å². The smallest absolute Gasteiger partial charge is 0.000116 e. The third-order valence-corrected chi connectivity index (χ3v) is 12.9. The third kappa shape index (κ3) is 4.58. The normalized spacial score (nSPS) is 12.4. The van der Waals surface area contributed by atoms with Gasteiger partial charge in [0.25, 0.3) is 0 Å². The molecule has 0 spiro atoms. The van der Waals surface area contributed by atoms with E-state index >= 15 is 0 Å². The molecule has 10 aromatic carbocycles. The van der Waals surface area contributed by atoms with Gasteiger partial charge in [-0.25, -0.2) is 0 Å². The number of fused-ring (bicyclic) bond motifs is 8. The predicted molar refractivity (Wildman–Crippen MR) is 248 cm³/mol. The largest absolute Gasteiger partial charge is 0.0622 e. The fourth-order valence-corrected chi connectivity index (χ4v) is 10.4. The summed E-state index contributed by atoms with van der Waals surface area (Å²) in [6.07, 6.45) is 0. The first-order valence-electron chi connectivity index (χ1n) is 20.5. The van der Waals surface area contributed by atoms with Crippen LogP contribution in [0, 0.1) is 0 Å². The van der Waals surface area contributed by atoms with Crippen molar-refractivity contribution in [2.45, 2.75) is 26.2 Å². The third-order valence-electron chi connectivity index (χ3n) is 12.9. The molecule has 2 aliphatic rings. The minimum Gasteiger partial charge on any atom is -0.0622 e. The molecule has 0 heteroatoms. The summed E-state index contributed by atoms with van der Waals surface area (Å²) in [5.41, 5.74) is 22.1. The van der Waals surface area contributed by atoms with E-state index in [1.807, 2.05) is 0 Å². The van der Waals surface area contributed by atoms with Crippen molar-refractivity contribution < 1.29 is 0 Å². The van der Waals surface area contributed by atoms with Crippen LogP contribution in [0.4, 0.5) is 0 Å². The Morgan fingerprint density at radius 3 is 1.03 bits per heavy atom. The van der Waals surface area contributed by atoms with Gasteiger partial charge in [0.1, 0.15) is 0 Å². The van der Waals surface area contributed by atoms with E-state index in [-0.39, 0.29) is 5.41 Å². The van der Waals surface area contributed by atoms with Crippen LogP contribution in [0.1, 0.15) is 26.3 Å². The second-order valence-electron chi connectivity index (χ2n) is 17.1. The summed E-state index contributed by atoms with van der Waals surface area (Å²) in [7, 11) is 0. The molecule has 0 amide bonds. The quantitative estimate of drug-likeness (QED) is 0.158. The molecular formula is C58H40. The molecule has 0 aliphatic heterocycles. The van der Waals surface area contributed by atoms with Crippen molar-refractivity contribution in [2.24, 2.45) is 0 Å². The first-order chi connectivity index (χ1) is 28.5. The molecule has 0 radical (unpaired) electrons. The second kappa shape index (κ2) is 12.2. The highest BCUT2D eigenvalue weighted by molar-refractivity contribution is 6.37. The average Bonchev–Trinajstić information content (AvgIpc) is 3.77. The van der Waals surface area contributed by atoms with Crippen LogP contribution in [0.3, 0.4) is 0 Å². The fourth-order valence-electron chi connectivity index (χ4n) is 10.4. The maximum absolute atomic E-state index is 2.46. The Morgan fingerprint density at radius 1 is 0.259 bits per heavy atom. The first-order valence-corrected chi connectivity index (χ1v) is 20.5. The van der Waals surface area contributed by atoms with E-state index in [1.165, 1.54) is 127 Å². The molecule has 0 heterocycles. The van der Waals surface area contributed by atoms with Crippen molar-refractivity contribution in [2.75, 3.05) is 0 Å². The standard InChI is InChI=1S/C58H40/c1-58(2,3)39-28-29-40-43-30-32-45-53-46(33-31-44(52(43)53)47(40)34-39)55-51(38-24-14-7-15-25-38)57-49(36-20-10-5-11-21-36)42-27-17-16-26-41(42)48(35-18-8-4-9-19-35)56(57)50(54(45)55)37-22-12-6-13-23-37/h4-34H,1-3H3. The molecule has 0 aromatic heterocycles. The molecular weight excluding hydrogens is 697 g/mol. The van der Waals surface area contributed by atoms with Crippen molar-refractivity contribution in [3.05, 3.63) is 194 Å². The van der Waals surface area contributed by atoms with E-state index in [2.05, 4.69) is 209 Å². The predicted octanol–water partition coefficient (Wildman–Crippen LogP) is 16.4. The topological polar surface area (TPSA) is 0 Å². The van der Waals surface area contributed by atoms with Gasteiger partial charge in [-0.05, 0) is 138 Å². The zero-order valence-electron chi connectivity index (χ0n) is 32.9. The molecule has 0 nitrogen and oxygen atoms in total. The van der Waals surface area contributed by atoms with Gasteiger partial charge in [-0.1, -0.05) is 203 Å². The number of benzene rings is 10. The Morgan fingerprint density at radius 2 is 0.603 bits per heavy atom. The highest BCUT2D eigenvalue weighted by atomic mass is 14.4. The van der Waals surface area contributed by atoms with Crippen LogP contribution in [-0.2, 0) is 5.41 Å². The Labute approximate surface area is 339 Å². The van der Waals surface area contributed by atoms with Gasteiger partial charge in [-0.3, -0.25) is 0 Å². The zero-order chi connectivity index (χ0) is 38.7. The van der Waals surface area contributed by atoms with Crippen molar-refractivity contribution in [3.8, 4) is 89.0 Å². The maximum Gasteiger partial charge on any atom is -0.000116 e. The van der Waals surface area contributed by atoms with Gasteiger partial charge in [-0.2, -0.15) is 0 Å². The molecule has 0 bridgehead atoms. The molecule has 2 aliphatic carbocycles. The Hall–Kier alpha value is -7.02. The van der Waals surface area contributed by atoms with Gasteiger partial charge >= 0.3 is 0 Å². The van der Waals surface area contributed by atoms with Crippen molar-refractivity contribution in [3.63, 3.8) is 0 Å². The van der Waals surface area contributed by atoms with E-state index in [0.717, 1.165) is 0 Å². The zero-order valence-corrected chi connectivity index (χ0v) is 32.9. The molecule has 0 saturated carbocycles. The van der Waals surface area contributed by atoms with Crippen LogP contribution in [0.15, 0.2) is 188 Å². The highest BCUT2D eigenvalue weighted by Crippen LogP contribution is 2.64. The van der Waals surface area contributed by atoms with Crippen LogP contribution in [0.5, 0.6) is 0 Å². The summed E-state index contributed by atoms with van der Waals surface area (Å²) < 4.78 is 0. The first kappa shape index (κ1) is 33.2. The van der Waals surface area contributed by atoms with Crippen molar-refractivity contribution >= 4 is 32.3 Å². The van der Waals surface area contributed by atoms with Gasteiger partial charge < -0.3 is 0 Å². The van der Waals surface area contributed by atoms with Gasteiger partial charge in [0.2, 0.25) is 0 Å². The summed E-state index contributed by atoms with van der Waals surface area (Å²) in [6.45, 7) is 6.95. The van der Waals surface area contributed by atoms with Crippen LogP contribution in [-0.4, -0.2) is 0 Å². The van der Waals surface area contributed by atoms with Crippen LogP contribution >= 0.6 is 0 Å². The van der Waals surface area contributed by atoms with Gasteiger partial charge in [0.15, 0.2) is 0 Å². The van der Waals surface area contributed by atoms with E-state index in [1.54, 1.807) is 0 Å². The number of rotatable bonds is 4. The maximum atomic E-state index is 2.46. The molecule has 12 rings (SSSR count). The van der Waals surface area contributed by atoms with E-state index < -0.39 is 0 Å². The minimum atomic E-state index is 0.0595. The minimum absolute atomic E-state index is 0.0595. The van der Waals surface area contributed by atoms with Crippen LogP contribution in [0.2, 0.25) is 0 Å². The lowest BCUT2D eigenvalue weighted by Crippen LogP contribution is -2.10. The Balaban J connectivity index is 1.36. The van der Waals surface area contributed by atoms with Crippen LogP contribution < -0.4 is 0 Å². The summed E-state index contributed by atoms with van der Waals surface area (Å²) >= 11 is 0.